The summed E-state index contributed by atoms with van der Waals surface area (Å²) in [4.78, 5) is 32.7. The first-order valence-corrected chi connectivity index (χ1v) is 7.45. The minimum atomic E-state index is -0.353. The van der Waals surface area contributed by atoms with Crippen LogP contribution >= 0.6 is 0 Å². The maximum Gasteiger partial charge on any atom is 0.290 e. The summed E-state index contributed by atoms with van der Waals surface area (Å²) in [6, 6.07) is 9.54. The molecular formula is C18H22N2O4. The number of pyridine rings is 1. The third-order valence-corrected chi connectivity index (χ3v) is 3.59. The normalized spacial score (nSPS) is 11.0. The van der Waals surface area contributed by atoms with Crippen LogP contribution in [0, 0.1) is 13.8 Å². The molecule has 0 bridgehead atoms. The standard InChI is InChI=1S/C17H20N2O2.CH2O2/c1-11-6-5-7-14(8-11)13(3)19-10-12(2)9-15(17(19)21)16(20)18-4;2-1-3/h5-10,13H,1-4H3,(H,18,20);1H,(H,2,3). The second-order valence-electron chi connectivity index (χ2n) is 5.42. The fourth-order valence-electron chi connectivity index (χ4n) is 2.42. The Morgan fingerprint density at radius 2 is 1.88 bits per heavy atom. The predicted molar refractivity (Wildman–Crippen MR) is 92.5 cm³/mol. The lowest BCUT2D eigenvalue weighted by atomic mass is 10.0. The Kier molecular flexibility index (Phi) is 6.92. The largest absolute Gasteiger partial charge is 0.483 e. The van der Waals surface area contributed by atoms with Gasteiger partial charge in [-0.3, -0.25) is 14.4 Å². The third kappa shape index (κ3) is 4.55. The number of hydrogen-bond donors (Lipinski definition) is 2. The van der Waals surface area contributed by atoms with Crippen LogP contribution in [0.15, 0.2) is 41.3 Å². The lowest BCUT2D eigenvalue weighted by molar-refractivity contribution is -0.122. The molecule has 0 radical (unpaired) electrons. The minimum absolute atomic E-state index is 0.124. The molecule has 1 unspecified atom stereocenters. The predicted octanol–water partition coefficient (Wildman–Crippen LogP) is 2.13. The summed E-state index contributed by atoms with van der Waals surface area (Å²) in [5, 5.41) is 9.40. The van der Waals surface area contributed by atoms with Crippen molar-refractivity contribution in [3.63, 3.8) is 0 Å². The molecule has 2 N–H and O–H groups in total. The Bertz CT molecular complexity index is 781. The first kappa shape index (κ1) is 19.2. The number of amides is 1. The number of aromatic nitrogens is 1. The van der Waals surface area contributed by atoms with E-state index in [1.54, 1.807) is 16.8 Å². The van der Waals surface area contributed by atoms with E-state index in [0.29, 0.717) is 0 Å². The number of nitrogens with zero attached hydrogens (tertiary/aromatic N) is 1. The van der Waals surface area contributed by atoms with Gasteiger partial charge in [0.05, 0.1) is 6.04 Å². The number of carboxylic acid groups (broad SMARTS) is 1. The Morgan fingerprint density at radius 3 is 2.42 bits per heavy atom. The number of aryl methyl sites for hydroxylation is 2. The van der Waals surface area contributed by atoms with Crippen molar-refractivity contribution in [1.82, 2.24) is 9.88 Å². The van der Waals surface area contributed by atoms with Crippen LogP contribution in [0.1, 0.15) is 40.0 Å². The number of nitrogens with one attached hydrogen (secondary N) is 1. The first-order valence-electron chi connectivity index (χ1n) is 7.45. The Hall–Kier alpha value is -2.89. The highest BCUT2D eigenvalue weighted by Crippen LogP contribution is 2.18. The second kappa shape index (κ2) is 8.67. The average molecular weight is 330 g/mol. The summed E-state index contributed by atoms with van der Waals surface area (Å²) < 4.78 is 1.62. The molecule has 6 heteroatoms. The van der Waals surface area contributed by atoms with E-state index in [2.05, 4.69) is 11.4 Å². The zero-order valence-electron chi connectivity index (χ0n) is 14.2. The fourth-order valence-corrected chi connectivity index (χ4v) is 2.42. The van der Waals surface area contributed by atoms with Crippen LogP contribution < -0.4 is 10.9 Å². The number of carbonyl (C=O) groups excluding carboxylic acids is 1. The van der Waals surface area contributed by atoms with Crippen molar-refractivity contribution in [2.24, 2.45) is 0 Å². The van der Waals surface area contributed by atoms with Gasteiger partial charge in [0.25, 0.3) is 17.9 Å². The van der Waals surface area contributed by atoms with Gasteiger partial charge in [-0.05, 0) is 38.0 Å². The molecule has 6 nitrogen and oxygen atoms in total. The molecule has 0 aliphatic rings. The van der Waals surface area contributed by atoms with Crippen molar-refractivity contribution in [1.29, 1.82) is 0 Å². The van der Waals surface area contributed by atoms with Crippen LogP contribution in [0.2, 0.25) is 0 Å². The number of rotatable bonds is 3. The van der Waals surface area contributed by atoms with Crippen LogP contribution in [0.4, 0.5) is 0 Å². The molecule has 1 aromatic carbocycles. The Balaban J connectivity index is 0.000000891. The third-order valence-electron chi connectivity index (χ3n) is 3.59. The van der Waals surface area contributed by atoms with E-state index < -0.39 is 0 Å². The molecule has 0 aliphatic carbocycles. The molecule has 2 rings (SSSR count). The topological polar surface area (TPSA) is 88.4 Å². The van der Waals surface area contributed by atoms with Crippen molar-refractivity contribution in [3.05, 3.63) is 69.1 Å². The summed E-state index contributed by atoms with van der Waals surface area (Å²) in [7, 11) is 1.53. The highest BCUT2D eigenvalue weighted by atomic mass is 16.3. The lowest BCUT2D eigenvalue weighted by Crippen LogP contribution is -2.33. The minimum Gasteiger partial charge on any atom is -0.483 e. The van der Waals surface area contributed by atoms with Gasteiger partial charge < -0.3 is 15.0 Å². The fraction of sp³-hybridized carbons (Fsp3) is 0.278. The van der Waals surface area contributed by atoms with Gasteiger partial charge >= 0.3 is 0 Å². The van der Waals surface area contributed by atoms with E-state index in [1.807, 2.05) is 39.0 Å². The van der Waals surface area contributed by atoms with Crippen LogP contribution in [-0.2, 0) is 4.79 Å². The monoisotopic (exact) mass is 330 g/mol. The van der Waals surface area contributed by atoms with Gasteiger partial charge in [0.1, 0.15) is 5.56 Å². The van der Waals surface area contributed by atoms with Gasteiger partial charge in [-0.2, -0.15) is 0 Å². The summed E-state index contributed by atoms with van der Waals surface area (Å²) in [6.45, 7) is 5.61. The quantitative estimate of drug-likeness (QED) is 0.844. The van der Waals surface area contributed by atoms with E-state index in [9.17, 15) is 9.59 Å². The molecule has 0 spiro atoms. The molecule has 0 saturated carbocycles. The van der Waals surface area contributed by atoms with Crippen molar-refractivity contribution in [3.8, 4) is 0 Å². The summed E-state index contributed by atoms with van der Waals surface area (Å²) in [5.74, 6) is -0.353. The molecule has 2 aromatic rings. The summed E-state index contributed by atoms with van der Waals surface area (Å²) in [6.07, 6.45) is 1.79. The molecule has 0 fully saturated rings. The maximum absolute atomic E-state index is 12.5. The van der Waals surface area contributed by atoms with E-state index in [1.165, 1.54) is 7.05 Å². The van der Waals surface area contributed by atoms with Gasteiger partial charge in [0, 0.05) is 13.2 Å². The number of carbonyl (C=O) groups is 2. The van der Waals surface area contributed by atoms with Crippen molar-refractivity contribution < 1.29 is 14.7 Å². The molecular weight excluding hydrogens is 308 g/mol. The van der Waals surface area contributed by atoms with Crippen molar-refractivity contribution >= 4 is 12.4 Å². The van der Waals surface area contributed by atoms with Gasteiger partial charge in [-0.1, -0.05) is 29.8 Å². The van der Waals surface area contributed by atoms with Crippen LogP contribution in [-0.4, -0.2) is 29.1 Å². The Morgan fingerprint density at radius 1 is 1.25 bits per heavy atom. The smallest absolute Gasteiger partial charge is 0.290 e. The van der Waals surface area contributed by atoms with Crippen LogP contribution in [0.3, 0.4) is 0 Å². The summed E-state index contributed by atoms with van der Waals surface area (Å²) in [5.41, 5.74) is 2.98. The van der Waals surface area contributed by atoms with E-state index >= 15 is 0 Å². The number of benzene rings is 1. The van der Waals surface area contributed by atoms with Crippen LogP contribution in [0.5, 0.6) is 0 Å². The highest BCUT2D eigenvalue weighted by Gasteiger charge is 2.16. The molecule has 24 heavy (non-hydrogen) atoms. The molecule has 128 valence electrons. The molecule has 1 heterocycles. The maximum atomic E-state index is 12.5. The Labute approximate surface area is 140 Å². The highest BCUT2D eigenvalue weighted by molar-refractivity contribution is 5.93. The average Bonchev–Trinajstić information content (AvgIpc) is 2.56. The lowest BCUT2D eigenvalue weighted by Gasteiger charge is -2.18. The molecule has 0 aliphatic heterocycles. The van der Waals surface area contributed by atoms with E-state index in [0.717, 1.165) is 16.7 Å². The molecule has 1 amide bonds. The first-order chi connectivity index (χ1) is 11.3. The zero-order chi connectivity index (χ0) is 18.3. The van der Waals surface area contributed by atoms with E-state index in [-0.39, 0.29) is 29.5 Å². The van der Waals surface area contributed by atoms with Gasteiger partial charge in [0.15, 0.2) is 0 Å². The van der Waals surface area contributed by atoms with Crippen LogP contribution in [0.25, 0.3) is 0 Å². The van der Waals surface area contributed by atoms with Gasteiger partial charge in [0.2, 0.25) is 0 Å². The van der Waals surface area contributed by atoms with Crippen molar-refractivity contribution in [2.75, 3.05) is 7.05 Å². The number of hydrogen-bond acceptors (Lipinski definition) is 3. The van der Waals surface area contributed by atoms with Gasteiger partial charge in [-0.15, -0.1) is 0 Å². The van der Waals surface area contributed by atoms with Crippen molar-refractivity contribution in [2.45, 2.75) is 26.8 Å². The second-order valence-corrected chi connectivity index (χ2v) is 5.42. The molecule has 0 saturated heterocycles. The van der Waals surface area contributed by atoms with Gasteiger partial charge in [-0.25, -0.2) is 0 Å². The SMILES string of the molecule is CNC(=O)c1cc(C)cn(C(C)c2cccc(C)c2)c1=O.O=CO. The molecule has 1 atom stereocenters. The van der Waals surface area contributed by atoms with E-state index in [4.69, 9.17) is 9.90 Å². The summed E-state index contributed by atoms with van der Waals surface area (Å²) >= 11 is 0. The molecule has 1 aromatic heterocycles. The zero-order valence-corrected chi connectivity index (χ0v) is 14.2.